The molecule has 0 spiro atoms. The van der Waals surface area contributed by atoms with E-state index in [0.717, 1.165) is 10.6 Å². The minimum Gasteiger partial charge on any atom is -0.0843 e. The quantitative estimate of drug-likeness (QED) is 0.500. The van der Waals surface area contributed by atoms with Gasteiger partial charge in [-0.05, 0) is 24.6 Å². The van der Waals surface area contributed by atoms with E-state index >= 15 is 0 Å². The van der Waals surface area contributed by atoms with Gasteiger partial charge in [-0.25, -0.2) is 0 Å². The summed E-state index contributed by atoms with van der Waals surface area (Å²) >= 11 is 5.60. The van der Waals surface area contributed by atoms with Gasteiger partial charge >= 0.3 is 0 Å². The van der Waals surface area contributed by atoms with Crippen molar-refractivity contribution in [2.24, 2.45) is 0 Å². The van der Waals surface area contributed by atoms with Crippen LogP contribution in [0.4, 0.5) is 0 Å². The maximum atomic E-state index is 5.60. The summed E-state index contributed by atoms with van der Waals surface area (Å²) in [7, 11) is 0. The van der Waals surface area contributed by atoms with Crippen molar-refractivity contribution in [1.82, 2.24) is 0 Å². The third-order valence-electron chi connectivity index (χ3n) is 0.889. The summed E-state index contributed by atoms with van der Waals surface area (Å²) in [5.41, 5.74) is 0.956. The maximum absolute atomic E-state index is 5.60. The fourth-order valence-electron chi connectivity index (χ4n) is 0.537. The van der Waals surface area contributed by atoms with Crippen molar-refractivity contribution in [2.75, 3.05) is 0 Å². The molecule has 0 aromatic heterocycles. The van der Waals surface area contributed by atoms with Crippen LogP contribution < -0.4 is 0 Å². The Kier molecular flexibility index (Phi) is 1.54. The molecule has 1 heteroatoms. The van der Waals surface area contributed by atoms with Crippen LogP contribution in [-0.2, 0) is 0 Å². The van der Waals surface area contributed by atoms with Gasteiger partial charge in [0.15, 0.2) is 0 Å². The van der Waals surface area contributed by atoms with Crippen LogP contribution in [0.1, 0.15) is 5.56 Å². The highest BCUT2D eigenvalue weighted by Gasteiger charge is 1.83. The molecule has 0 bridgehead atoms. The van der Waals surface area contributed by atoms with Gasteiger partial charge in [-0.15, -0.1) is 0 Å². The van der Waals surface area contributed by atoms with Gasteiger partial charge in [0, 0.05) is 5.02 Å². The van der Waals surface area contributed by atoms with Crippen molar-refractivity contribution in [3.8, 4) is 0 Å². The van der Waals surface area contributed by atoms with Crippen LogP contribution in [0.25, 0.3) is 0 Å². The van der Waals surface area contributed by atoms with E-state index in [-0.39, 0.29) is 0 Å². The van der Waals surface area contributed by atoms with Gasteiger partial charge in [0.2, 0.25) is 0 Å². The van der Waals surface area contributed by atoms with Crippen LogP contribution in [0.5, 0.6) is 0 Å². The summed E-state index contributed by atoms with van der Waals surface area (Å²) in [4.78, 5) is 0. The largest absolute Gasteiger partial charge is 0.0843 e. The molecule has 0 heterocycles. The molecule has 0 saturated carbocycles. The summed E-state index contributed by atoms with van der Waals surface area (Å²) in [5.74, 6) is 0. The Morgan fingerprint density at radius 3 is 2.50 bits per heavy atom. The fraction of sp³-hybridized carbons (Fsp3) is 0. The highest BCUT2D eigenvalue weighted by atomic mass is 35.5. The molecular formula is C7H6Cl. The summed E-state index contributed by atoms with van der Waals surface area (Å²) < 4.78 is 0. The number of rotatable bonds is 0. The van der Waals surface area contributed by atoms with Crippen molar-refractivity contribution < 1.29 is 0 Å². The van der Waals surface area contributed by atoms with Crippen molar-refractivity contribution in [1.29, 1.82) is 0 Å². The van der Waals surface area contributed by atoms with Gasteiger partial charge in [-0.3, -0.25) is 0 Å². The van der Waals surface area contributed by atoms with Gasteiger partial charge in [0.05, 0.1) is 0 Å². The molecule has 8 heavy (non-hydrogen) atoms. The van der Waals surface area contributed by atoms with Crippen molar-refractivity contribution in [2.45, 2.75) is 0 Å². The second-order valence-corrected chi connectivity index (χ2v) is 2.07. The first kappa shape index (κ1) is 5.64. The fourth-order valence-corrected chi connectivity index (χ4v) is 0.750. The van der Waals surface area contributed by atoms with Crippen molar-refractivity contribution in [3.05, 3.63) is 41.8 Å². The normalized spacial score (nSPS) is 9.25. The number of hydrogen-bond acceptors (Lipinski definition) is 0. The summed E-state index contributed by atoms with van der Waals surface area (Å²) in [5, 5.41) is 0.748. The molecule has 0 nitrogen and oxygen atoms in total. The van der Waals surface area contributed by atoms with E-state index in [4.69, 9.17) is 11.6 Å². The van der Waals surface area contributed by atoms with Gasteiger partial charge < -0.3 is 0 Å². The monoisotopic (exact) mass is 125 g/mol. The molecule has 0 amide bonds. The second kappa shape index (κ2) is 2.19. The molecule has 0 atom stereocenters. The highest BCUT2D eigenvalue weighted by Crippen LogP contribution is 2.08. The molecule has 0 unspecified atom stereocenters. The van der Waals surface area contributed by atoms with Crippen molar-refractivity contribution >= 4 is 11.6 Å². The lowest BCUT2D eigenvalue weighted by molar-refractivity contribution is 1.61. The second-order valence-electron chi connectivity index (χ2n) is 1.63. The first-order chi connectivity index (χ1) is 3.79. The van der Waals surface area contributed by atoms with Gasteiger partial charge in [-0.2, -0.15) is 0 Å². The van der Waals surface area contributed by atoms with E-state index in [2.05, 4.69) is 6.92 Å². The predicted octanol–water partition coefficient (Wildman–Crippen LogP) is 2.52. The molecule has 1 aromatic carbocycles. The molecule has 1 radical (unpaired) electrons. The van der Waals surface area contributed by atoms with Crippen LogP contribution in [0.15, 0.2) is 24.3 Å². The number of benzene rings is 1. The molecule has 0 aliphatic heterocycles. The van der Waals surface area contributed by atoms with Gasteiger partial charge in [0.25, 0.3) is 0 Å². The van der Waals surface area contributed by atoms with Gasteiger partial charge in [-0.1, -0.05) is 23.7 Å². The van der Waals surface area contributed by atoms with E-state index in [9.17, 15) is 0 Å². The smallest absolute Gasteiger partial charge is 0.0408 e. The standard InChI is InChI=1S/C7H6Cl/c1-6-3-2-4-7(8)5-6/h2-5H,1H2. The third kappa shape index (κ3) is 1.24. The molecule has 0 N–H and O–H groups in total. The van der Waals surface area contributed by atoms with E-state index in [1.165, 1.54) is 0 Å². The summed E-state index contributed by atoms with van der Waals surface area (Å²) in [6.45, 7) is 3.70. The number of hydrogen-bond donors (Lipinski definition) is 0. The zero-order valence-corrected chi connectivity index (χ0v) is 5.15. The first-order valence-electron chi connectivity index (χ1n) is 2.36. The molecule has 1 aromatic rings. The van der Waals surface area contributed by atoms with E-state index in [1.807, 2.05) is 24.3 Å². The highest BCUT2D eigenvalue weighted by molar-refractivity contribution is 6.30. The molecule has 1 rings (SSSR count). The minimum absolute atomic E-state index is 0.748. The van der Waals surface area contributed by atoms with Crippen LogP contribution in [0, 0.1) is 6.92 Å². The Balaban J connectivity index is 3.08. The minimum atomic E-state index is 0.748. The van der Waals surface area contributed by atoms with Crippen LogP contribution in [-0.4, -0.2) is 0 Å². The van der Waals surface area contributed by atoms with Gasteiger partial charge in [0.1, 0.15) is 0 Å². The van der Waals surface area contributed by atoms with E-state index in [1.54, 1.807) is 0 Å². The zero-order chi connectivity index (χ0) is 5.98. The lowest BCUT2D eigenvalue weighted by Gasteiger charge is -1.88. The average molecular weight is 126 g/mol. The Morgan fingerprint density at radius 1 is 1.38 bits per heavy atom. The topological polar surface area (TPSA) is 0 Å². The number of halogens is 1. The van der Waals surface area contributed by atoms with Crippen LogP contribution >= 0.6 is 11.6 Å². The molecule has 0 aliphatic carbocycles. The Bertz CT molecular complexity index is 164. The van der Waals surface area contributed by atoms with Crippen molar-refractivity contribution in [3.63, 3.8) is 0 Å². The molecule has 0 aliphatic rings. The molecule has 0 fully saturated rings. The molecule has 41 valence electrons. The lowest BCUT2D eigenvalue weighted by atomic mass is 10.2. The summed E-state index contributed by atoms with van der Waals surface area (Å²) in [6.07, 6.45) is 0. The third-order valence-corrected chi connectivity index (χ3v) is 1.12. The Labute approximate surface area is 54.1 Å². The van der Waals surface area contributed by atoms with E-state index < -0.39 is 0 Å². The Morgan fingerprint density at radius 2 is 2.12 bits per heavy atom. The maximum Gasteiger partial charge on any atom is 0.0408 e. The SMILES string of the molecule is [CH2]c1cccc(Cl)c1. The first-order valence-corrected chi connectivity index (χ1v) is 2.74. The van der Waals surface area contributed by atoms with Crippen LogP contribution in [0.2, 0.25) is 5.02 Å². The average Bonchev–Trinajstić information content (AvgIpc) is 1.64. The molecular weight excluding hydrogens is 120 g/mol. The molecule has 0 saturated heterocycles. The summed E-state index contributed by atoms with van der Waals surface area (Å²) in [6, 6.07) is 7.44. The van der Waals surface area contributed by atoms with E-state index in [0.29, 0.717) is 0 Å². The lowest BCUT2D eigenvalue weighted by Crippen LogP contribution is -1.66. The Hall–Kier alpha value is -0.490. The predicted molar refractivity (Wildman–Crippen MR) is 35.9 cm³/mol. The van der Waals surface area contributed by atoms with Crippen LogP contribution in [0.3, 0.4) is 0 Å². The zero-order valence-electron chi connectivity index (χ0n) is 4.39.